The number of nitrogens with zero attached hydrogens (tertiary/aromatic N) is 2. The first-order valence-corrected chi connectivity index (χ1v) is 7.20. The Kier molecular flexibility index (Phi) is 5.23. The summed E-state index contributed by atoms with van der Waals surface area (Å²) in [6, 6.07) is 7.87. The molecule has 102 valence electrons. The first-order valence-electron chi connectivity index (χ1n) is 6.22. The first kappa shape index (κ1) is 13.9. The van der Waals surface area contributed by atoms with Crippen LogP contribution < -0.4 is 10.5 Å². The van der Waals surface area contributed by atoms with Crippen LogP contribution >= 0.6 is 11.8 Å². The van der Waals surface area contributed by atoms with Crippen molar-refractivity contribution in [2.24, 2.45) is 5.73 Å². The van der Waals surface area contributed by atoms with E-state index in [1.807, 2.05) is 31.2 Å². The van der Waals surface area contributed by atoms with Gasteiger partial charge in [-0.25, -0.2) is 4.98 Å². The molecule has 5 nitrogen and oxygen atoms in total. The van der Waals surface area contributed by atoms with E-state index in [0.717, 1.165) is 34.5 Å². The Bertz CT molecular complexity index is 515. The van der Waals surface area contributed by atoms with Crippen molar-refractivity contribution in [2.45, 2.75) is 25.0 Å². The van der Waals surface area contributed by atoms with Crippen molar-refractivity contribution in [3.63, 3.8) is 0 Å². The number of H-pyrrole nitrogens is 1. The molecule has 0 aliphatic carbocycles. The molecule has 0 atom stereocenters. The fourth-order valence-electron chi connectivity index (χ4n) is 1.60. The van der Waals surface area contributed by atoms with Crippen molar-refractivity contribution in [1.82, 2.24) is 15.2 Å². The molecule has 2 rings (SSSR count). The number of nitrogens with two attached hydrogens (primary N) is 1. The Morgan fingerprint density at radius 2 is 2.21 bits per heavy atom. The van der Waals surface area contributed by atoms with E-state index >= 15 is 0 Å². The maximum atomic E-state index is 5.73. The topological polar surface area (TPSA) is 76.8 Å². The van der Waals surface area contributed by atoms with Gasteiger partial charge < -0.3 is 10.5 Å². The van der Waals surface area contributed by atoms with Crippen LogP contribution in [0.2, 0.25) is 0 Å². The van der Waals surface area contributed by atoms with Gasteiger partial charge in [-0.3, -0.25) is 5.10 Å². The third-order valence-corrected chi connectivity index (χ3v) is 3.48. The third-order valence-electron chi connectivity index (χ3n) is 2.55. The molecule has 19 heavy (non-hydrogen) atoms. The largest absolute Gasteiger partial charge is 0.493 e. The zero-order valence-electron chi connectivity index (χ0n) is 10.9. The average molecular weight is 278 g/mol. The molecular formula is C13H18N4OS. The van der Waals surface area contributed by atoms with Gasteiger partial charge in [0.25, 0.3) is 0 Å². The highest BCUT2D eigenvalue weighted by molar-refractivity contribution is 7.99. The van der Waals surface area contributed by atoms with Gasteiger partial charge in [0, 0.05) is 17.9 Å². The van der Waals surface area contributed by atoms with Gasteiger partial charge in [-0.05, 0) is 19.4 Å². The molecule has 0 radical (unpaired) electrons. The summed E-state index contributed by atoms with van der Waals surface area (Å²) in [5, 5.41) is 7.68. The number of thioether (sulfide) groups is 1. The maximum Gasteiger partial charge on any atom is 0.208 e. The summed E-state index contributed by atoms with van der Waals surface area (Å²) in [4.78, 5) is 4.23. The fraction of sp³-hybridized carbons (Fsp3) is 0.385. The predicted molar refractivity (Wildman–Crippen MR) is 76.3 cm³/mol. The molecule has 0 saturated heterocycles. The van der Waals surface area contributed by atoms with Gasteiger partial charge in [-0.1, -0.05) is 30.0 Å². The summed E-state index contributed by atoms with van der Waals surface area (Å²) in [6.07, 6.45) is 0.942. The molecule has 6 heteroatoms. The van der Waals surface area contributed by atoms with Crippen LogP contribution in [0.4, 0.5) is 0 Å². The molecule has 0 aliphatic rings. The summed E-state index contributed by atoms with van der Waals surface area (Å²) in [6.45, 7) is 3.07. The molecule has 1 aromatic heterocycles. The first-order chi connectivity index (χ1) is 9.29. The Balaban J connectivity index is 1.69. The molecule has 0 spiro atoms. The van der Waals surface area contributed by atoms with Crippen molar-refractivity contribution in [3.8, 4) is 5.75 Å². The van der Waals surface area contributed by atoms with Crippen LogP contribution in [0.25, 0.3) is 0 Å². The van der Waals surface area contributed by atoms with Crippen molar-refractivity contribution in [2.75, 3.05) is 12.4 Å². The minimum absolute atomic E-state index is 0.501. The van der Waals surface area contributed by atoms with Crippen LogP contribution in [0.1, 0.15) is 17.8 Å². The van der Waals surface area contributed by atoms with Gasteiger partial charge in [-0.15, -0.1) is 5.10 Å². The Morgan fingerprint density at radius 3 is 2.95 bits per heavy atom. The fourth-order valence-corrected chi connectivity index (χ4v) is 2.36. The third kappa shape index (κ3) is 4.25. The minimum Gasteiger partial charge on any atom is -0.493 e. The van der Waals surface area contributed by atoms with Gasteiger partial charge in [0.05, 0.1) is 6.61 Å². The summed E-state index contributed by atoms with van der Waals surface area (Å²) >= 11 is 1.63. The number of rotatable bonds is 7. The second-order valence-corrected chi connectivity index (χ2v) is 5.13. The van der Waals surface area contributed by atoms with Crippen LogP contribution in [0.5, 0.6) is 5.75 Å². The average Bonchev–Trinajstić information content (AvgIpc) is 2.84. The van der Waals surface area contributed by atoms with Gasteiger partial charge in [-0.2, -0.15) is 0 Å². The molecule has 0 aliphatic heterocycles. The van der Waals surface area contributed by atoms with E-state index in [4.69, 9.17) is 10.5 Å². The summed E-state index contributed by atoms with van der Waals surface area (Å²) in [7, 11) is 0. The number of hydrogen-bond donors (Lipinski definition) is 2. The zero-order valence-corrected chi connectivity index (χ0v) is 11.7. The van der Waals surface area contributed by atoms with Crippen LogP contribution in [0.15, 0.2) is 29.4 Å². The number of aromatic nitrogens is 3. The van der Waals surface area contributed by atoms with Gasteiger partial charge >= 0.3 is 0 Å². The van der Waals surface area contributed by atoms with E-state index in [0.29, 0.717) is 13.2 Å². The molecule has 1 aromatic carbocycles. The van der Waals surface area contributed by atoms with Gasteiger partial charge in [0.15, 0.2) is 0 Å². The molecule has 0 saturated carbocycles. The highest BCUT2D eigenvalue weighted by atomic mass is 32.2. The Labute approximate surface area is 117 Å². The molecular weight excluding hydrogens is 260 g/mol. The molecule has 0 amide bonds. The second-order valence-electron chi connectivity index (χ2n) is 4.07. The Hall–Kier alpha value is -1.53. The van der Waals surface area contributed by atoms with E-state index in [2.05, 4.69) is 15.2 Å². The summed E-state index contributed by atoms with van der Waals surface area (Å²) in [5.74, 6) is 2.65. The summed E-state index contributed by atoms with van der Waals surface area (Å²) < 4.78 is 5.73. The van der Waals surface area contributed by atoms with Crippen molar-refractivity contribution in [1.29, 1.82) is 0 Å². The molecule has 0 bridgehead atoms. The SMILES string of the molecule is Cc1nc(SCCCOc2ccccc2CN)n[nH]1. The zero-order chi connectivity index (χ0) is 13.5. The van der Waals surface area contributed by atoms with E-state index in [-0.39, 0.29) is 0 Å². The monoisotopic (exact) mass is 278 g/mol. The highest BCUT2D eigenvalue weighted by Crippen LogP contribution is 2.18. The number of nitrogens with one attached hydrogen (secondary N) is 1. The molecule has 1 heterocycles. The standard InChI is InChI=1S/C13H18N4OS/c1-10-15-13(17-16-10)19-8-4-7-18-12-6-3-2-5-11(12)9-14/h2-3,5-6H,4,7-9,14H2,1H3,(H,15,16,17). The lowest BCUT2D eigenvalue weighted by atomic mass is 10.2. The minimum atomic E-state index is 0.501. The van der Waals surface area contributed by atoms with Gasteiger partial charge in [0.2, 0.25) is 5.16 Å². The van der Waals surface area contributed by atoms with Crippen LogP contribution in [0.3, 0.4) is 0 Å². The van der Waals surface area contributed by atoms with E-state index in [1.54, 1.807) is 11.8 Å². The van der Waals surface area contributed by atoms with Crippen LogP contribution in [-0.2, 0) is 6.54 Å². The van der Waals surface area contributed by atoms with Crippen molar-refractivity contribution < 1.29 is 4.74 Å². The summed E-state index contributed by atoms with van der Waals surface area (Å²) in [5.41, 5.74) is 6.70. The smallest absolute Gasteiger partial charge is 0.208 e. The maximum absolute atomic E-state index is 5.73. The number of para-hydroxylation sites is 1. The quantitative estimate of drug-likeness (QED) is 0.599. The number of ether oxygens (including phenoxy) is 1. The number of aryl methyl sites for hydroxylation is 1. The Morgan fingerprint density at radius 1 is 1.37 bits per heavy atom. The molecule has 0 unspecified atom stereocenters. The molecule has 2 aromatic rings. The van der Waals surface area contributed by atoms with Crippen molar-refractivity contribution >= 4 is 11.8 Å². The second kappa shape index (κ2) is 7.16. The van der Waals surface area contributed by atoms with Gasteiger partial charge in [0.1, 0.15) is 11.6 Å². The number of hydrogen-bond acceptors (Lipinski definition) is 5. The van der Waals surface area contributed by atoms with E-state index in [9.17, 15) is 0 Å². The van der Waals surface area contributed by atoms with Crippen LogP contribution in [0, 0.1) is 6.92 Å². The number of benzene rings is 1. The van der Waals surface area contributed by atoms with Crippen LogP contribution in [-0.4, -0.2) is 27.5 Å². The lowest BCUT2D eigenvalue weighted by molar-refractivity contribution is 0.315. The molecule has 3 N–H and O–H groups in total. The number of aromatic amines is 1. The van der Waals surface area contributed by atoms with E-state index in [1.165, 1.54) is 0 Å². The predicted octanol–water partition coefficient (Wildman–Crippen LogP) is 2.13. The highest BCUT2D eigenvalue weighted by Gasteiger charge is 2.02. The molecule has 0 fully saturated rings. The van der Waals surface area contributed by atoms with Crippen molar-refractivity contribution in [3.05, 3.63) is 35.7 Å². The van der Waals surface area contributed by atoms with E-state index < -0.39 is 0 Å². The lowest BCUT2D eigenvalue weighted by Gasteiger charge is -2.09. The lowest BCUT2D eigenvalue weighted by Crippen LogP contribution is -2.04. The normalized spacial score (nSPS) is 10.6.